The molecule has 2 aromatic carbocycles. The number of amides is 1. The zero-order chi connectivity index (χ0) is 18.8. The highest BCUT2D eigenvalue weighted by Crippen LogP contribution is 2.28. The normalized spacial score (nSPS) is 13.1. The summed E-state index contributed by atoms with van der Waals surface area (Å²) in [5.74, 6) is -2.23. The largest absolute Gasteiger partial charge is 0.480 e. The number of aliphatic carboxylic acids is 1. The molecule has 0 saturated heterocycles. The molecule has 5 nitrogen and oxygen atoms in total. The molecule has 26 heavy (non-hydrogen) atoms. The van der Waals surface area contributed by atoms with Gasteiger partial charge < -0.3 is 9.67 Å². The highest BCUT2D eigenvalue weighted by molar-refractivity contribution is 7.17. The van der Waals surface area contributed by atoms with Crippen molar-refractivity contribution in [2.24, 2.45) is 4.99 Å². The number of halogens is 2. The molecule has 3 aromatic rings. The number of nitrogens with zero attached hydrogens (tertiary/aromatic N) is 2. The Bertz CT molecular complexity index is 1070. The van der Waals surface area contributed by atoms with Crippen LogP contribution in [0.25, 0.3) is 10.2 Å². The number of benzene rings is 2. The Morgan fingerprint density at radius 1 is 1.31 bits per heavy atom. The fraction of sp³-hybridized carbons (Fsp3) is 0.167. The quantitative estimate of drug-likeness (QED) is 0.720. The first-order valence-electron chi connectivity index (χ1n) is 7.79. The first-order chi connectivity index (χ1) is 12.4. The van der Waals surface area contributed by atoms with Gasteiger partial charge in [0.25, 0.3) is 5.91 Å². The number of thiazole rings is 1. The van der Waals surface area contributed by atoms with Crippen molar-refractivity contribution in [2.45, 2.75) is 19.4 Å². The van der Waals surface area contributed by atoms with Gasteiger partial charge in [-0.1, -0.05) is 42.0 Å². The number of carbonyl (C=O) groups excluding carboxylic acids is 1. The van der Waals surface area contributed by atoms with Crippen molar-refractivity contribution in [1.29, 1.82) is 0 Å². The van der Waals surface area contributed by atoms with Crippen LogP contribution in [0.5, 0.6) is 0 Å². The summed E-state index contributed by atoms with van der Waals surface area (Å²) in [7, 11) is 0. The number of carboxylic acids is 1. The number of hydrogen-bond acceptors (Lipinski definition) is 3. The van der Waals surface area contributed by atoms with E-state index in [-0.39, 0.29) is 10.4 Å². The predicted octanol–water partition coefficient (Wildman–Crippen LogP) is 4.27. The predicted molar refractivity (Wildman–Crippen MR) is 98.1 cm³/mol. The molecule has 1 unspecified atom stereocenters. The van der Waals surface area contributed by atoms with Gasteiger partial charge in [-0.15, -0.1) is 0 Å². The van der Waals surface area contributed by atoms with Crippen LogP contribution < -0.4 is 4.80 Å². The van der Waals surface area contributed by atoms with Crippen molar-refractivity contribution < 1.29 is 19.1 Å². The van der Waals surface area contributed by atoms with Gasteiger partial charge in [0.15, 0.2) is 4.80 Å². The maximum atomic E-state index is 13.4. The van der Waals surface area contributed by atoms with Crippen molar-refractivity contribution in [1.82, 2.24) is 4.57 Å². The lowest BCUT2D eigenvalue weighted by Crippen LogP contribution is -2.27. The summed E-state index contributed by atoms with van der Waals surface area (Å²) in [6.07, 6.45) is 0.301. The van der Waals surface area contributed by atoms with E-state index in [9.17, 15) is 19.1 Å². The highest BCUT2D eigenvalue weighted by atomic mass is 35.5. The number of hydrogen-bond donors (Lipinski definition) is 1. The summed E-state index contributed by atoms with van der Waals surface area (Å²) in [6.45, 7) is 1.73. The average molecular weight is 393 g/mol. The van der Waals surface area contributed by atoms with Crippen molar-refractivity contribution in [3.63, 3.8) is 0 Å². The van der Waals surface area contributed by atoms with Crippen molar-refractivity contribution in [3.8, 4) is 0 Å². The van der Waals surface area contributed by atoms with E-state index in [4.69, 9.17) is 11.6 Å². The lowest BCUT2D eigenvalue weighted by atomic mass is 10.2. The zero-order valence-electron chi connectivity index (χ0n) is 13.6. The van der Waals surface area contributed by atoms with Crippen molar-refractivity contribution in [3.05, 3.63) is 63.7 Å². The molecular weight excluding hydrogens is 379 g/mol. The molecule has 1 amide bonds. The Labute approximate surface area is 157 Å². The van der Waals surface area contributed by atoms with Crippen LogP contribution in [0, 0.1) is 5.82 Å². The second-order valence-corrected chi connectivity index (χ2v) is 6.92. The molecule has 1 N–H and O–H groups in total. The number of carbonyl (C=O) groups is 2. The van der Waals surface area contributed by atoms with Crippen LogP contribution in [0.4, 0.5) is 4.39 Å². The minimum Gasteiger partial charge on any atom is -0.480 e. The Morgan fingerprint density at radius 2 is 2.04 bits per heavy atom. The molecule has 0 saturated carbocycles. The third-order valence-corrected chi connectivity index (χ3v) is 5.39. The van der Waals surface area contributed by atoms with E-state index in [0.29, 0.717) is 21.7 Å². The third-order valence-electron chi connectivity index (χ3n) is 3.86. The molecule has 0 fully saturated rings. The first-order valence-corrected chi connectivity index (χ1v) is 8.98. The molecule has 1 aromatic heterocycles. The van der Waals surface area contributed by atoms with Crippen LogP contribution in [0.1, 0.15) is 29.7 Å². The van der Waals surface area contributed by atoms with Gasteiger partial charge in [-0.25, -0.2) is 9.18 Å². The van der Waals surface area contributed by atoms with Crippen molar-refractivity contribution in [2.75, 3.05) is 0 Å². The molecule has 1 heterocycles. The molecule has 0 bridgehead atoms. The molecule has 8 heteroatoms. The maximum Gasteiger partial charge on any atom is 0.326 e. The smallest absolute Gasteiger partial charge is 0.326 e. The van der Waals surface area contributed by atoms with E-state index < -0.39 is 23.7 Å². The summed E-state index contributed by atoms with van der Waals surface area (Å²) < 4.78 is 15.5. The van der Waals surface area contributed by atoms with Crippen LogP contribution in [0.2, 0.25) is 5.02 Å². The molecule has 1 atom stereocenters. The Kier molecular flexibility index (Phi) is 5.20. The maximum absolute atomic E-state index is 13.4. The fourth-order valence-corrected chi connectivity index (χ4v) is 4.01. The first kappa shape index (κ1) is 18.3. The molecule has 3 rings (SSSR count). The fourth-order valence-electron chi connectivity index (χ4n) is 2.65. The Hall–Kier alpha value is -2.51. The van der Waals surface area contributed by atoms with E-state index in [1.54, 1.807) is 25.1 Å². The van der Waals surface area contributed by atoms with E-state index in [0.717, 1.165) is 17.4 Å². The third kappa shape index (κ3) is 3.40. The summed E-state index contributed by atoms with van der Waals surface area (Å²) in [6, 6.07) is 9.41. The highest BCUT2D eigenvalue weighted by Gasteiger charge is 2.22. The van der Waals surface area contributed by atoms with Crippen LogP contribution >= 0.6 is 22.9 Å². The van der Waals surface area contributed by atoms with Gasteiger partial charge in [-0.3, -0.25) is 4.79 Å². The number of fused-ring (bicyclic) bond motifs is 1. The van der Waals surface area contributed by atoms with E-state index in [2.05, 4.69) is 4.99 Å². The van der Waals surface area contributed by atoms with Gasteiger partial charge >= 0.3 is 5.97 Å². The molecule has 0 spiro atoms. The van der Waals surface area contributed by atoms with E-state index >= 15 is 0 Å². The lowest BCUT2D eigenvalue weighted by Gasteiger charge is -2.13. The molecule has 0 aliphatic rings. The van der Waals surface area contributed by atoms with E-state index in [1.807, 2.05) is 0 Å². The number of aromatic nitrogens is 1. The molecular formula is C18H14ClFN2O3S. The second-order valence-electron chi connectivity index (χ2n) is 5.53. The van der Waals surface area contributed by atoms with Gasteiger partial charge in [0, 0.05) is 5.56 Å². The summed E-state index contributed by atoms with van der Waals surface area (Å²) >= 11 is 7.34. The van der Waals surface area contributed by atoms with Crippen molar-refractivity contribution >= 4 is 45.0 Å². The summed E-state index contributed by atoms with van der Waals surface area (Å²) in [5, 5.41) is 10.0. The lowest BCUT2D eigenvalue weighted by molar-refractivity contribution is -0.140. The minimum atomic E-state index is -1.04. The second kappa shape index (κ2) is 7.39. The van der Waals surface area contributed by atoms with Crippen LogP contribution in [0.3, 0.4) is 0 Å². The van der Waals surface area contributed by atoms with Crippen LogP contribution in [0.15, 0.2) is 47.5 Å². The number of carboxylic acid groups (broad SMARTS) is 1. The molecule has 0 aliphatic carbocycles. The SMILES string of the molecule is CCC(C(=O)O)n1c(=NC(=O)c2cccc(F)c2)sc2c(Cl)cccc21. The average Bonchev–Trinajstić information content (AvgIpc) is 2.95. The monoisotopic (exact) mass is 392 g/mol. The van der Waals surface area contributed by atoms with Crippen LogP contribution in [-0.4, -0.2) is 21.6 Å². The Morgan fingerprint density at radius 3 is 2.69 bits per heavy atom. The number of rotatable bonds is 4. The van der Waals surface area contributed by atoms with E-state index in [1.165, 1.54) is 22.8 Å². The van der Waals surface area contributed by atoms with Gasteiger partial charge in [0.2, 0.25) is 0 Å². The summed E-state index contributed by atoms with van der Waals surface area (Å²) in [4.78, 5) is 28.4. The zero-order valence-corrected chi connectivity index (χ0v) is 15.2. The molecule has 134 valence electrons. The molecule has 0 radical (unpaired) electrons. The standard InChI is InChI=1S/C18H14ClFN2O3S/c1-2-13(17(24)25)22-14-8-4-7-12(19)15(14)26-18(22)21-16(23)10-5-3-6-11(20)9-10/h3-9,13H,2H2,1H3,(H,24,25). The molecule has 0 aliphatic heterocycles. The van der Waals surface area contributed by atoms with Gasteiger partial charge in [0.05, 0.1) is 15.2 Å². The minimum absolute atomic E-state index is 0.0866. The Balaban J connectivity index is 2.26. The van der Waals surface area contributed by atoms with Gasteiger partial charge in [-0.2, -0.15) is 4.99 Å². The van der Waals surface area contributed by atoms with Gasteiger partial charge in [-0.05, 0) is 36.8 Å². The summed E-state index contributed by atoms with van der Waals surface area (Å²) in [5.41, 5.74) is 0.672. The van der Waals surface area contributed by atoms with Crippen LogP contribution in [-0.2, 0) is 4.79 Å². The van der Waals surface area contributed by atoms with Gasteiger partial charge in [0.1, 0.15) is 11.9 Å². The topological polar surface area (TPSA) is 71.7 Å².